The number of anilines is 1. The molecule has 0 aromatic heterocycles. The van der Waals surface area contributed by atoms with E-state index in [1.807, 2.05) is 6.92 Å². The minimum absolute atomic E-state index is 0.0774. The Hall–Kier alpha value is -1.62. The highest BCUT2D eigenvalue weighted by Gasteiger charge is 2.14. The standard InChI is InChI=1S/C9H12N2O3/c1-6(14-2)7-3-4-8(10)9(5-7)11(12)13/h3-6H,10H2,1-2H3/t6-/m0/s1. The molecule has 0 heterocycles. The Kier molecular flexibility index (Phi) is 3.03. The second kappa shape index (κ2) is 4.06. The summed E-state index contributed by atoms with van der Waals surface area (Å²) in [6, 6.07) is 4.67. The summed E-state index contributed by atoms with van der Waals surface area (Å²) < 4.78 is 5.05. The van der Waals surface area contributed by atoms with E-state index < -0.39 is 4.92 Å². The van der Waals surface area contributed by atoms with Gasteiger partial charge in [-0.25, -0.2) is 0 Å². The van der Waals surface area contributed by atoms with Gasteiger partial charge in [0.2, 0.25) is 0 Å². The highest BCUT2D eigenvalue weighted by atomic mass is 16.6. The minimum Gasteiger partial charge on any atom is -0.393 e. The number of nitrogen functional groups attached to an aromatic ring is 1. The van der Waals surface area contributed by atoms with Crippen LogP contribution in [0.5, 0.6) is 0 Å². The Morgan fingerprint density at radius 1 is 1.57 bits per heavy atom. The van der Waals surface area contributed by atoms with E-state index in [9.17, 15) is 10.1 Å². The fraction of sp³-hybridized carbons (Fsp3) is 0.333. The minimum atomic E-state index is -0.499. The number of ether oxygens (including phenoxy) is 1. The third-order valence-electron chi connectivity index (χ3n) is 2.07. The number of benzene rings is 1. The molecule has 0 saturated carbocycles. The van der Waals surface area contributed by atoms with Gasteiger partial charge >= 0.3 is 0 Å². The Labute approximate surface area is 81.6 Å². The van der Waals surface area contributed by atoms with Gasteiger partial charge in [0, 0.05) is 13.2 Å². The molecule has 0 fully saturated rings. The van der Waals surface area contributed by atoms with Gasteiger partial charge in [-0.2, -0.15) is 0 Å². The van der Waals surface area contributed by atoms with Crippen molar-refractivity contribution in [3.63, 3.8) is 0 Å². The van der Waals surface area contributed by atoms with Crippen molar-refractivity contribution in [2.75, 3.05) is 12.8 Å². The Morgan fingerprint density at radius 2 is 2.21 bits per heavy atom. The summed E-state index contributed by atoms with van der Waals surface area (Å²) in [5.41, 5.74) is 6.28. The lowest BCUT2D eigenvalue weighted by Crippen LogP contribution is -2.00. The second-order valence-electron chi connectivity index (χ2n) is 2.95. The highest BCUT2D eigenvalue weighted by molar-refractivity contribution is 5.59. The van der Waals surface area contributed by atoms with Crippen molar-refractivity contribution in [1.29, 1.82) is 0 Å². The molecule has 1 aromatic rings. The smallest absolute Gasteiger partial charge is 0.292 e. The summed E-state index contributed by atoms with van der Waals surface area (Å²) in [4.78, 5) is 10.1. The number of rotatable bonds is 3. The molecule has 5 heteroatoms. The van der Waals surface area contributed by atoms with E-state index in [0.29, 0.717) is 0 Å². The van der Waals surface area contributed by atoms with E-state index in [2.05, 4.69) is 0 Å². The third-order valence-corrected chi connectivity index (χ3v) is 2.07. The van der Waals surface area contributed by atoms with E-state index in [4.69, 9.17) is 10.5 Å². The monoisotopic (exact) mass is 196 g/mol. The van der Waals surface area contributed by atoms with Crippen molar-refractivity contribution >= 4 is 11.4 Å². The number of hydrogen-bond acceptors (Lipinski definition) is 4. The molecule has 76 valence electrons. The average Bonchev–Trinajstić information content (AvgIpc) is 2.17. The Morgan fingerprint density at radius 3 is 2.71 bits per heavy atom. The number of nitrogens with zero attached hydrogens (tertiary/aromatic N) is 1. The first kappa shape index (κ1) is 10.5. The lowest BCUT2D eigenvalue weighted by molar-refractivity contribution is -0.384. The van der Waals surface area contributed by atoms with Crippen molar-refractivity contribution in [2.24, 2.45) is 0 Å². The van der Waals surface area contributed by atoms with Gasteiger partial charge in [-0.3, -0.25) is 10.1 Å². The normalized spacial score (nSPS) is 12.4. The van der Waals surface area contributed by atoms with Crippen molar-refractivity contribution in [3.05, 3.63) is 33.9 Å². The molecule has 0 saturated heterocycles. The molecule has 1 atom stereocenters. The highest BCUT2D eigenvalue weighted by Crippen LogP contribution is 2.26. The summed E-state index contributed by atoms with van der Waals surface area (Å²) in [6.07, 6.45) is -0.172. The van der Waals surface area contributed by atoms with Crippen LogP contribution in [0.3, 0.4) is 0 Å². The molecular formula is C9H12N2O3. The number of nitro groups is 1. The summed E-state index contributed by atoms with van der Waals surface area (Å²) in [6.45, 7) is 1.81. The maximum Gasteiger partial charge on any atom is 0.292 e. The molecule has 14 heavy (non-hydrogen) atoms. The van der Waals surface area contributed by atoms with Crippen molar-refractivity contribution in [2.45, 2.75) is 13.0 Å². The van der Waals surface area contributed by atoms with E-state index in [-0.39, 0.29) is 17.5 Å². The molecule has 1 rings (SSSR count). The van der Waals surface area contributed by atoms with Crippen molar-refractivity contribution in [3.8, 4) is 0 Å². The van der Waals surface area contributed by atoms with Crippen LogP contribution < -0.4 is 5.73 Å². The molecule has 2 N–H and O–H groups in total. The summed E-state index contributed by atoms with van der Waals surface area (Å²) in [5.74, 6) is 0. The van der Waals surface area contributed by atoms with Crippen LogP contribution in [0.25, 0.3) is 0 Å². The maximum absolute atomic E-state index is 10.6. The summed E-state index contributed by atoms with van der Waals surface area (Å²) in [5, 5.41) is 10.6. The molecule has 1 aromatic carbocycles. The third kappa shape index (κ3) is 2.00. The van der Waals surface area contributed by atoms with Crippen LogP contribution in [0.1, 0.15) is 18.6 Å². The van der Waals surface area contributed by atoms with Gasteiger partial charge in [-0.1, -0.05) is 6.07 Å². The SMILES string of the molecule is CO[C@@H](C)c1ccc(N)c([N+](=O)[O-])c1. The van der Waals surface area contributed by atoms with Gasteiger partial charge in [0.05, 0.1) is 11.0 Å². The predicted octanol–water partition coefficient (Wildman–Crippen LogP) is 1.88. The van der Waals surface area contributed by atoms with Gasteiger partial charge in [0.25, 0.3) is 5.69 Å². The Balaban J connectivity index is 3.12. The van der Waals surface area contributed by atoms with Crippen LogP contribution in [0, 0.1) is 10.1 Å². The molecule has 0 unspecified atom stereocenters. The molecule has 0 aliphatic carbocycles. The first-order chi connectivity index (χ1) is 6.56. The fourth-order valence-corrected chi connectivity index (χ4v) is 1.11. The van der Waals surface area contributed by atoms with E-state index in [0.717, 1.165) is 5.56 Å². The van der Waals surface area contributed by atoms with E-state index in [1.165, 1.54) is 12.1 Å². The number of methoxy groups -OCH3 is 1. The van der Waals surface area contributed by atoms with Gasteiger partial charge in [0.1, 0.15) is 5.69 Å². The zero-order valence-electron chi connectivity index (χ0n) is 8.06. The zero-order valence-corrected chi connectivity index (χ0v) is 8.06. The van der Waals surface area contributed by atoms with Gasteiger partial charge in [-0.05, 0) is 18.6 Å². The second-order valence-corrected chi connectivity index (χ2v) is 2.95. The fourth-order valence-electron chi connectivity index (χ4n) is 1.11. The molecule has 5 nitrogen and oxygen atoms in total. The number of nitro benzene ring substituents is 1. The number of hydrogen-bond donors (Lipinski definition) is 1. The molecule has 0 aliphatic heterocycles. The van der Waals surface area contributed by atoms with Crippen LogP contribution in [-0.4, -0.2) is 12.0 Å². The molecule has 0 aliphatic rings. The number of nitrogens with two attached hydrogens (primary N) is 1. The summed E-state index contributed by atoms with van der Waals surface area (Å²) >= 11 is 0. The van der Waals surface area contributed by atoms with Crippen LogP contribution in [0.4, 0.5) is 11.4 Å². The Bertz CT molecular complexity index is 352. The lowest BCUT2D eigenvalue weighted by Gasteiger charge is -2.09. The van der Waals surface area contributed by atoms with Crippen molar-refractivity contribution in [1.82, 2.24) is 0 Å². The van der Waals surface area contributed by atoms with Crippen LogP contribution in [0.2, 0.25) is 0 Å². The van der Waals surface area contributed by atoms with Crippen molar-refractivity contribution < 1.29 is 9.66 Å². The predicted molar refractivity (Wildman–Crippen MR) is 52.9 cm³/mol. The van der Waals surface area contributed by atoms with E-state index >= 15 is 0 Å². The van der Waals surface area contributed by atoms with Gasteiger partial charge < -0.3 is 10.5 Å². The zero-order chi connectivity index (χ0) is 10.7. The van der Waals surface area contributed by atoms with Gasteiger partial charge in [-0.15, -0.1) is 0 Å². The molecule has 0 spiro atoms. The molecule has 0 radical (unpaired) electrons. The average molecular weight is 196 g/mol. The van der Waals surface area contributed by atoms with Crippen LogP contribution in [0.15, 0.2) is 18.2 Å². The lowest BCUT2D eigenvalue weighted by atomic mass is 10.1. The maximum atomic E-state index is 10.6. The topological polar surface area (TPSA) is 78.4 Å². The molecule has 0 amide bonds. The molecular weight excluding hydrogens is 184 g/mol. The first-order valence-electron chi connectivity index (χ1n) is 4.13. The van der Waals surface area contributed by atoms with Crippen LogP contribution in [-0.2, 0) is 4.74 Å². The quantitative estimate of drug-likeness (QED) is 0.454. The van der Waals surface area contributed by atoms with Crippen LogP contribution >= 0.6 is 0 Å². The van der Waals surface area contributed by atoms with Gasteiger partial charge in [0.15, 0.2) is 0 Å². The first-order valence-corrected chi connectivity index (χ1v) is 4.13. The van der Waals surface area contributed by atoms with E-state index in [1.54, 1.807) is 13.2 Å². The molecule has 0 bridgehead atoms. The summed E-state index contributed by atoms with van der Waals surface area (Å²) in [7, 11) is 1.55. The largest absolute Gasteiger partial charge is 0.393 e.